The Balaban J connectivity index is 1.42. The summed E-state index contributed by atoms with van der Waals surface area (Å²) in [6.07, 6.45) is 4.47. The summed E-state index contributed by atoms with van der Waals surface area (Å²) in [5, 5.41) is 11.6. The lowest BCUT2D eigenvalue weighted by molar-refractivity contribution is -0.119. The van der Waals surface area contributed by atoms with E-state index >= 15 is 0 Å². The van der Waals surface area contributed by atoms with Crippen LogP contribution in [0.3, 0.4) is 0 Å². The number of ether oxygens (including phenoxy) is 1. The van der Waals surface area contributed by atoms with E-state index in [0.29, 0.717) is 17.0 Å². The highest BCUT2D eigenvalue weighted by Crippen LogP contribution is 2.24. The third-order valence-corrected chi connectivity index (χ3v) is 5.01. The average Bonchev–Trinajstić information content (AvgIpc) is 3.01. The third-order valence-electron chi connectivity index (χ3n) is 5.01. The van der Waals surface area contributed by atoms with Gasteiger partial charge in [-0.05, 0) is 61.4 Å². The van der Waals surface area contributed by atoms with Crippen LogP contribution >= 0.6 is 0 Å². The molecule has 0 unspecified atom stereocenters. The van der Waals surface area contributed by atoms with Gasteiger partial charge in [0, 0.05) is 29.8 Å². The number of aryl methyl sites for hydroxylation is 1. The van der Waals surface area contributed by atoms with Crippen molar-refractivity contribution < 1.29 is 14.3 Å². The molecule has 1 aliphatic rings. The van der Waals surface area contributed by atoms with Gasteiger partial charge in [-0.25, -0.2) is 0 Å². The van der Waals surface area contributed by atoms with E-state index in [-0.39, 0.29) is 12.5 Å². The largest absolute Gasteiger partial charge is 0.484 e. The van der Waals surface area contributed by atoms with E-state index in [1.54, 1.807) is 24.3 Å². The molecule has 0 fully saturated rings. The fourth-order valence-electron chi connectivity index (χ4n) is 3.46. The van der Waals surface area contributed by atoms with Gasteiger partial charge in [-0.2, -0.15) is 0 Å². The topological polar surface area (TPSA) is 112 Å². The molecule has 1 aliphatic heterocycles. The molecule has 2 heterocycles. The number of nitrogens with one attached hydrogen (secondary N) is 1. The minimum absolute atomic E-state index is 0.201. The van der Waals surface area contributed by atoms with Crippen LogP contribution in [0.1, 0.15) is 35.4 Å². The quantitative estimate of drug-likeness (QED) is 0.655. The molecule has 0 bridgehead atoms. The lowest BCUT2D eigenvalue weighted by Crippen LogP contribution is -2.20. The molecule has 1 aromatic heterocycles. The highest BCUT2D eigenvalue weighted by molar-refractivity contribution is 6.04. The number of hydrogen-bond donors (Lipinski definition) is 2. The first kappa shape index (κ1) is 19.6. The van der Waals surface area contributed by atoms with Gasteiger partial charge in [0.15, 0.2) is 12.4 Å². The van der Waals surface area contributed by atoms with Crippen LogP contribution in [0.15, 0.2) is 48.5 Å². The molecule has 0 saturated carbocycles. The van der Waals surface area contributed by atoms with Crippen LogP contribution in [0, 0.1) is 0 Å². The molecule has 0 saturated heterocycles. The van der Waals surface area contributed by atoms with Gasteiger partial charge in [0.2, 0.25) is 0 Å². The lowest BCUT2D eigenvalue weighted by atomic mass is 10.1. The molecular formula is C22H23N5O3. The van der Waals surface area contributed by atoms with Crippen molar-refractivity contribution in [3.05, 3.63) is 59.9 Å². The summed E-state index contributed by atoms with van der Waals surface area (Å²) in [5.41, 5.74) is 7.19. The maximum atomic E-state index is 12.5. The standard InChI is InChI=1S/C22H23N5O3/c23-19(28)14-30-18-11-7-16(8-12-18)22(29)24-17-9-5-15(6-10-17)21-26-25-20-4-2-1-3-13-27(20)21/h5-12H,1-4,13-14H2,(H2,23,28)(H,24,29). The Labute approximate surface area is 174 Å². The molecule has 0 atom stereocenters. The predicted molar refractivity (Wildman–Crippen MR) is 112 cm³/mol. The summed E-state index contributed by atoms with van der Waals surface area (Å²) >= 11 is 0. The predicted octanol–water partition coefficient (Wildman–Crippen LogP) is 2.79. The average molecular weight is 405 g/mol. The lowest BCUT2D eigenvalue weighted by Gasteiger charge is -2.09. The van der Waals surface area contributed by atoms with Crippen LogP contribution in [-0.4, -0.2) is 33.2 Å². The number of carbonyl (C=O) groups excluding carboxylic acids is 2. The summed E-state index contributed by atoms with van der Waals surface area (Å²) in [4.78, 5) is 23.2. The van der Waals surface area contributed by atoms with Gasteiger partial charge in [0.05, 0.1) is 0 Å². The van der Waals surface area contributed by atoms with Crippen molar-refractivity contribution in [1.82, 2.24) is 14.8 Å². The number of aromatic nitrogens is 3. The maximum absolute atomic E-state index is 12.5. The van der Waals surface area contributed by atoms with Crippen molar-refractivity contribution in [3.63, 3.8) is 0 Å². The minimum atomic E-state index is -0.553. The molecule has 2 aromatic carbocycles. The SMILES string of the molecule is NC(=O)COc1ccc(C(=O)Nc2ccc(-c3nnc4n3CCCCC4)cc2)cc1. The molecular weight excluding hydrogens is 382 g/mol. The number of hydrogen-bond acceptors (Lipinski definition) is 5. The second-order valence-electron chi connectivity index (χ2n) is 7.21. The number of nitrogens with two attached hydrogens (primary N) is 1. The van der Waals surface area contributed by atoms with E-state index in [9.17, 15) is 9.59 Å². The molecule has 3 N–H and O–H groups in total. The van der Waals surface area contributed by atoms with Crippen LogP contribution in [0.25, 0.3) is 11.4 Å². The van der Waals surface area contributed by atoms with E-state index in [1.165, 1.54) is 6.42 Å². The first-order chi connectivity index (χ1) is 14.6. The van der Waals surface area contributed by atoms with Crippen LogP contribution in [-0.2, 0) is 17.8 Å². The van der Waals surface area contributed by atoms with Crippen LogP contribution < -0.4 is 15.8 Å². The Morgan fingerprint density at radius 1 is 1.00 bits per heavy atom. The summed E-state index contributed by atoms with van der Waals surface area (Å²) in [5.74, 6) is 1.60. The second-order valence-corrected chi connectivity index (χ2v) is 7.21. The molecule has 4 rings (SSSR count). The van der Waals surface area contributed by atoms with Gasteiger partial charge in [-0.3, -0.25) is 9.59 Å². The van der Waals surface area contributed by atoms with Gasteiger partial charge < -0.3 is 20.4 Å². The zero-order chi connectivity index (χ0) is 20.9. The monoisotopic (exact) mass is 405 g/mol. The number of carbonyl (C=O) groups is 2. The van der Waals surface area contributed by atoms with Crippen molar-refractivity contribution >= 4 is 17.5 Å². The first-order valence-corrected chi connectivity index (χ1v) is 9.95. The molecule has 0 spiro atoms. The number of amides is 2. The highest BCUT2D eigenvalue weighted by Gasteiger charge is 2.16. The number of rotatable bonds is 6. The minimum Gasteiger partial charge on any atom is -0.484 e. The Kier molecular flexibility index (Phi) is 5.74. The number of fused-ring (bicyclic) bond motifs is 1. The summed E-state index contributed by atoms with van der Waals surface area (Å²) in [6, 6.07) is 14.1. The van der Waals surface area contributed by atoms with Crippen molar-refractivity contribution in [1.29, 1.82) is 0 Å². The Bertz CT molecular complexity index is 1040. The zero-order valence-electron chi connectivity index (χ0n) is 16.5. The van der Waals surface area contributed by atoms with Crippen LogP contribution in [0.4, 0.5) is 5.69 Å². The van der Waals surface area contributed by atoms with E-state index in [2.05, 4.69) is 20.1 Å². The van der Waals surface area contributed by atoms with E-state index in [0.717, 1.165) is 43.0 Å². The van der Waals surface area contributed by atoms with E-state index in [1.807, 2.05) is 24.3 Å². The zero-order valence-corrected chi connectivity index (χ0v) is 16.5. The maximum Gasteiger partial charge on any atom is 0.255 e. The van der Waals surface area contributed by atoms with Crippen molar-refractivity contribution in [2.24, 2.45) is 5.73 Å². The molecule has 8 heteroatoms. The summed E-state index contributed by atoms with van der Waals surface area (Å²) < 4.78 is 7.39. The van der Waals surface area contributed by atoms with Gasteiger partial charge >= 0.3 is 0 Å². The fraction of sp³-hybridized carbons (Fsp3) is 0.273. The normalized spacial score (nSPS) is 13.2. The Morgan fingerprint density at radius 3 is 2.50 bits per heavy atom. The van der Waals surface area contributed by atoms with Crippen LogP contribution in [0.5, 0.6) is 5.75 Å². The smallest absolute Gasteiger partial charge is 0.255 e. The van der Waals surface area contributed by atoms with Crippen LogP contribution in [0.2, 0.25) is 0 Å². The molecule has 3 aromatic rings. The van der Waals surface area contributed by atoms with Gasteiger partial charge in [0.25, 0.3) is 11.8 Å². The van der Waals surface area contributed by atoms with Gasteiger partial charge in [0.1, 0.15) is 11.6 Å². The Morgan fingerprint density at radius 2 is 1.77 bits per heavy atom. The van der Waals surface area contributed by atoms with Gasteiger partial charge in [-0.15, -0.1) is 10.2 Å². The molecule has 154 valence electrons. The number of primary amides is 1. The molecule has 8 nitrogen and oxygen atoms in total. The number of nitrogens with zero attached hydrogens (tertiary/aromatic N) is 3. The molecule has 0 aliphatic carbocycles. The Hall–Kier alpha value is -3.68. The van der Waals surface area contributed by atoms with Crippen molar-refractivity contribution in [2.75, 3.05) is 11.9 Å². The number of benzene rings is 2. The first-order valence-electron chi connectivity index (χ1n) is 9.95. The van der Waals surface area contributed by atoms with Crippen molar-refractivity contribution in [3.8, 4) is 17.1 Å². The molecule has 0 radical (unpaired) electrons. The van der Waals surface area contributed by atoms with Crippen molar-refractivity contribution in [2.45, 2.75) is 32.2 Å². The number of anilines is 1. The third kappa shape index (κ3) is 4.48. The molecule has 2 amide bonds. The summed E-state index contributed by atoms with van der Waals surface area (Å²) in [7, 11) is 0. The summed E-state index contributed by atoms with van der Waals surface area (Å²) in [6.45, 7) is 0.739. The molecule has 30 heavy (non-hydrogen) atoms. The second kappa shape index (κ2) is 8.77. The van der Waals surface area contributed by atoms with Gasteiger partial charge in [-0.1, -0.05) is 6.42 Å². The van der Waals surface area contributed by atoms with E-state index < -0.39 is 5.91 Å². The van der Waals surface area contributed by atoms with E-state index in [4.69, 9.17) is 10.5 Å². The highest BCUT2D eigenvalue weighted by atomic mass is 16.5. The fourth-order valence-corrected chi connectivity index (χ4v) is 3.46.